The molecule has 0 spiro atoms. The zero-order valence-corrected chi connectivity index (χ0v) is 41.5. The van der Waals surface area contributed by atoms with Gasteiger partial charge in [0.15, 0.2) is 0 Å². The number of likely N-dealkylation sites (N-methyl/N-ethyl adjacent to an activating group) is 5. The quantitative estimate of drug-likeness (QED) is 0.0253. The number of nitrogens with one attached hydrogen (secondary N) is 1. The van der Waals surface area contributed by atoms with Crippen molar-refractivity contribution in [1.82, 2.24) is 34.7 Å². The molecule has 0 aromatic heterocycles. The molecule has 5 amide bonds. The number of carbonyl (C=O) groups excluding carboxylic acids is 5. The van der Waals surface area contributed by atoms with Gasteiger partial charge in [0.25, 0.3) is 0 Å². The van der Waals surface area contributed by atoms with Crippen molar-refractivity contribution in [2.45, 2.75) is 48.8 Å². The fourth-order valence-electron chi connectivity index (χ4n) is 5.77. The predicted octanol–water partition coefficient (Wildman–Crippen LogP) is -9.23. The highest BCUT2D eigenvalue weighted by molar-refractivity contribution is 5.91. The van der Waals surface area contributed by atoms with Gasteiger partial charge in [-0.15, -0.1) is 0 Å². The Morgan fingerprint density at radius 1 is 0.400 bits per heavy atom. The van der Waals surface area contributed by atoms with Crippen molar-refractivity contribution in [2.24, 2.45) is 0 Å². The van der Waals surface area contributed by atoms with Crippen LogP contribution < -0.4 is 5.32 Å². The third-order valence-electron chi connectivity index (χ3n) is 10.2. The molecule has 0 saturated heterocycles. The summed E-state index contributed by atoms with van der Waals surface area (Å²) in [6, 6.07) is 0. The van der Waals surface area contributed by atoms with Crippen LogP contribution in [0.25, 0.3) is 0 Å². The van der Waals surface area contributed by atoms with Gasteiger partial charge in [-0.25, -0.2) is 0 Å². The fraction of sp³-hybridized carbons (Fsp3) is 0.881. The molecule has 28 heteroatoms. The van der Waals surface area contributed by atoms with Crippen molar-refractivity contribution in [3.63, 3.8) is 0 Å². The minimum absolute atomic E-state index is 0.00398. The average Bonchev–Trinajstić information content (AvgIpc) is 3.32. The smallest absolute Gasteiger partial charge is 0.242 e. The van der Waals surface area contributed by atoms with Crippen molar-refractivity contribution in [3.8, 4) is 0 Å². The van der Waals surface area contributed by atoms with E-state index in [0.29, 0.717) is 33.0 Å². The molecule has 0 unspecified atom stereocenters. The van der Waals surface area contributed by atoms with Crippen LogP contribution in [0.3, 0.4) is 0 Å². The summed E-state index contributed by atoms with van der Waals surface area (Å²) in [4.78, 5) is 69.9. The van der Waals surface area contributed by atoms with Gasteiger partial charge >= 0.3 is 0 Å². The second-order valence-electron chi connectivity index (χ2n) is 16.6. The molecule has 28 nitrogen and oxygen atoms in total. The maximum Gasteiger partial charge on any atom is 0.242 e. The van der Waals surface area contributed by atoms with Crippen LogP contribution in [-0.2, 0) is 52.4 Å². The summed E-state index contributed by atoms with van der Waals surface area (Å²) in [5, 5.41) is 101. The van der Waals surface area contributed by atoms with Gasteiger partial charge in [-0.1, -0.05) is 0 Å². The summed E-state index contributed by atoms with van der Waals surface area (Å²) in [5.74, 6) is -2.09. The highest BCUT2D eigenvalue weighted by Crippen LogP contribution is 2.11. The number of aliphatic hydroxyl groups is 10. The van der Waals surface area contributed by atoms with Crippen molar-refractivity contribution >= 4 is 29.5 Å². The molecule has 8 atom stereocenters. The van der Waals surface area contributed by atoms with E-state index in [0.717, 1.165) is 4.90 Å². The maximum absolute atomic E-state index is 12.6. The van der Waals surface area contributed by atoms with Crippen molar-refractivity contribution in [1.29, 1.82) is 0 Å². The van der Waals surface area contributed by atoms with Crippen molar-refractivity contribution in [2.75, 3.05) is 194 Å². The van der Waals surface area contributed by atoms with Gasteiger partial charge in [-0.3, -0.25) is 28.9 Å². The molecular weight excluding hydrogens is 938 g/mol. The maximum atomic E-state index is 12.6. The Labute approximate surface area is 409 Å². The van der Waals surface area contributed by atoms with Gasteiger partial charge in [0.05, 0.1) is 137 Å². The summed E-state index contributed by atoms with van der Waals surface area (Å²) < 4.78 is 32.8. The molecule has 0 radical (unpaired) electrons. The van der Waals surface area contributed by atoms with E-state index in [9.17, 15) is 64.8 Å². The summed E-state index contributed by atoms with van der Waals surface area (Å²) in [5.41, 5.74) is 0. The SMILES string of the molecule is CN(C)CC(=O)N(C)CC(=O)N(C)CC(=O)N(C)CC(=O)N(C)CC(=O)NCCOCCOCCOCCOCCOCCOCCN(C[C@H](O)[C@@H](O)[C@H](O)[C@H](O)CO)C[C@H](O)[C@@H](O)[C@H](O)[C@H](O)CO. The molecule has 0 bridgehead atoms. The Balaban J connectivity index is 4.09. The number of carbonyl (C=O) groups is 5. The number of rotatable bonds is 43. The molecule has 11 N–H and O–H groups in total. The standard InChI is InChI=1S/C42H83N7O21/c1-44(2)24-35(57)46(4)26-37(59)48(6)27-38(60)47(5)25-36(58)45(3)23-34(56)43-7-9-65-11-13-67-15-17-69-19-20-70-18-16-68-14-12-66-10-8-49(21-30(52)39(61)41(63)32(54)28-50)22-31(53)40(62)42(64)33(55)29-51/h30-33,39-42,50-55,61-64H,7-29H2,1-6H3,(H,43,56)/t30-,31-,32+,33+,39+,40+,41+,42+/m0/s1. The Bertz CT molecular complexity index is 1400. The first-order chi connectivity index (χ1) is 33.1. The molecule has 0 fully saturated rings. The number of hydrogen-bond acceptors (Lipinski definition) is 23. The lowest BCUT2D eigenvalue weighted by Crippen LogP contribution is -2.53. The van der Waals surface area contributed by atoms with Crippen LogP contribution in [0, 0.1) is 0 Å². The fourth-order valence-corrected chi connectivity index (χ4v) is 5.77. The van der Waals surface area contributed by atoms with Crippen molar-refractivity contribution in [3.05, 3.63) is 0 Å². The van der Waals surface area contributed by atoms with E-state index in [1.54, 1.807) is 19.0 Å². The molecule has 0 aromatic rings. The van der Waals surface area contributed by atoms with Crippen LogP contribution in [0.4, 0.5) is 0 Å². The zero-order valence-electron chi connectivity index (χ0n) is 41.5. The van der Waals surface area contributed by atoms with E-state index in [-0.39, 0.29) is 98.0 Å². The number of amides is 5. The Morgan fingerprint density at radius 3 is 1.01 bits per heavy atom. The van der Waals surface area contributed by atoms with Gasteiger partial charge in [0.2, 0.25) is 29.5 Å². The molecular formula is C42H83N7O21. The normalized spacial score (nSPS) is 15.2. The zero-order chi connectivity index (χ0) is 53.2. The minimum atomic E-state index is -1.90. The summed E-state index contributed by atoms with van der Waals surface area (Å²) in [6.45, 7) is -0.402. The molecule has 0 aliphatic carbocycles. The minimum Gasteiger partial charge on any atom is -0.394 e. The molecule has 0 rings (SSSR count). The molecule has 0 aliphatic heterocycles. The summed E-state index contributed by atoms with van der Waals surface area (Å²) in [7, 11) is 9.23. The Morgan fingerprint density at radius 2 is 0.686 bits per heavy atom. The second kappa shape index (κ2) is 39.2. The van der Waals surface area contributed by atoms with Crippen LogP contribution >= 0.6 is 0 Å². The van der Waals surface area contributed by atoms with E-state index in [1.165, 1.54) is 47.8 Å². The van der Waals surface area contributed by atoms with Crippen LogP contribution in [0.1, 0.15) is 0 Å². The Kier molecular flexibility index (Phi) is 37.3. The van der Waals surface area contributed by atoms with Crippen LogP contribution in [0.2, 0.25) is 0 Å². The molecule has 0 aromatic carbocycles. The first-order valence-electron chi connectivity index (χ1n) is 22.8. The largest absolute Gasteiger partial charge is 0.394 e. The number of aliphatic hydroxyl groups excluding tert-OH is 10. The van der Waals surface area contributed by atoms with Crippen LogP contribution in [0.15, 0.2) is 0 Å². The molecule has 0 heterocycles. The van der Waals surface area contributed by atoms with Crippen LogP contribution in [0.5, 0.6) is 0 Å². The number of nitrogens with zero attached hydrogens (tertiary/aromatic N) is 6. The van der Waals surface area contributed by atoms with Gasteiger partial charge in [-0.05, 0) is 14.1 Å². The van der Waals surface area contributed by atoms with Gasteiger partial charge in [-0.2, -0.15) is 0 Å². The monoisotopic (exact) mass is 1020 g/mol. The Hall–Kier alpha value is -3.37. The molecule has 0 aliphatic rings. The highest BCUT2D eigenvalue weighted by atomic mass is 16.6. The van der Waals surface area contributed by atoms with Gasteiger partial charge in [0.1, 0.15) is 36.6 Å². The van der Waals surface area contributed by atoms with E-state index in [2.05, 4.69) is 5.32 Å². The van der Waals surface area contributed by atoms with Crippen LogP contribution in [-0.4, -0.2) is 353 Å². The molecule has 0 saturated carbocycles. The topological polar surface area (TPSA) is 375 Å². The van der Waals surface area contributed by atoms with E-state index >= 15 is 0 Å². The third kappa shape index (κ3) is 30.5. The van der Waals surface area contributed by atoms with Gasteiger partial charge < -0.3 is 109 Å². The molecule has 70 heavy (non-hydrogen) atoms. The number of ether oxygens (including phenoxy) is 6. The van der Waals surface area contributed by atoms with Gasteiger partial charge in [0, 0.05) is 54.4 Å². The third-order valence-corrected chi connectivity index (χ3v) is 10.2. The van der Waals surface area contributed by atoms with E-state index < -0.39 is 98.8 Å². The lowest BCUT2D eigenvalue weighted by Gasteiger charge is -2.33. The lowest BCUT2D eigenvalue weighted by molar-refractivity contribution is -0.144. The van der Waals surface area contributed by atoms with E-state index in [4.69, 9.17) is 38.6 Å². The van der Waals surface area contributed by atoms with Crippen molar-refractivity contribution < 1.29 is 103 Å². The summed E-state index contributed by atoms with van der Waals surface area (Å²) >= 11 is 0. The second-order valence-corrected chi connectivity index (χ2v) is 16.6. The molecule has 412 valence electrons. The predicted molar refractivity (Wildman–Crippen MR) is 246 cm³/mol. The first kappa shape index (κ1) is 66.6. The summed E-state index contributed by atoms with van der Waals surface area (Å²) in [6.07, 6.45) is -14.4. The number of hydrogen-bond donors (Lipinski definition) is 11. The van der Waals surface area contributed by atoms with E-state index in [1.807, 2.05) is 0 Å². The lowest BCUT2D eigenvalue weighted by atomic mass is 10.0. The average molecular weight is 1020 g/mol. The highest BCUT2D eigenvalue weighted by Gasteiger charge is 2.34. The first-order valence-corrected chi connectivity index (χ1v) is 22.8.